The van der Waals surface area contributed by atoms with E-state index in [0.717, 1.165) is 11.3 Å². The zero-order chi connectivity index (χ0) is 13.7. The summed E-state index contributed by atoms with van der Waals surface area (Å²) in [7, 11) is 1.72. The Kier molecular flexibility index (Phi) is 4.61. The summed E-state index contributed by atoms with van der Waals surface area (Å²) in [6.45, 7) is 0.0232. The van der Waals surface area contributed by atoms with E-state index in [2.05, 4.69) is 0 Å². The van der Waals surface area contributed by atoms with Crippen LogP contribution in [-0.2, 0) is 4.79 Å². The molecular weight excluding hydrogens is 252 g/mol. The van der Waals surface area contributed by atoms with E-state index in [4.69, 9.17) is 23.7 Å². The van der Waals surface area contributed by atoms with Gasteiger partial charge in [-0.2, -0.15) is 0 Å². The van der Waals surface area contributed by atoms with Crippen LogP contribution in [0.15, 0.2) is 24.3 Å². The number of anilines is 1. The van der Waals surface area contributed by atoms with Gasteiger partial charge in [-0.1, -0.05) is 12.2 Å². The summed E-state index contributed by atoms with van der Waals surface area (Å²) in [5, 5.41) is 1.99. The molecule has 1 aromatic carbocycles. The standard InChI is InChI=1S/C11H14N4O2S/c1-15(6-9(16)14-11(13)17)8-4-2-7(3-5-8)10(12)18/h2-5H,6H2,1H3,(H2,12,18)(H3,13,14,16,17). The molecule has 0 aromatic heterocycles. The Labute approximate surface area is 110 Å². The van der Waals surface area contributed by atoms with Crippen molar-refractivity contribution in [3.8, 4) is 0 Å². The van der Waals surface area contributed by atoms with Crippen molar-refractivity contribution < 1.29 is 9.59 Å². The normalized spacial score (nSPS) is 9.61. The minimum atomic E-state index is -0.864. The Balaban J connectivity index is 2.66. The number of carbonyl (C=O) groups is 2. The second-order valence-electron chi connectivity index (χ2n) is 3.68. The number of nitrogens with two attached hydrogens (primary N) is 2. The maximum Gasteiger partial charge on any atom is 0.318 e. The molecule has 6 nitrogen and oxygen atoms in total. The number of hydrogen-bond acceptors (Lipinski definition) is 4. The highest BCUT2D eigenvalue weighted by molar-refractivity contribution is 7.80. The first-order valence-corrected chi connectivity index (χ1v) is 5.51. The summed E-state index contributed by atoms with van der Waals surface area (Å²) in [5.41, 5.74) is 11.9. The van der Waals surface area contributed by atoms with Gasteiger partial charge in [-0.25, -0.2) is 4.79 Å². The molecular formula is C11H14N4O2S. The third-order valence-corrected chi connectivity index (χ3v) is 2.47. The van der Waals surface area contributed by atoms with Gasteiger partial charge in [0.25, 0.3) is 0 Å². The second kappa shape index (κ2) is 5.97. The lowest BCUT2D eigenvalue weighted by Crippen LogP contribution is -2.41. The van der Waals surface area contributed by atoms with Crippen molar-refractivity contribution in [1.82, 2.24) is 5.32 Å². The molecule has 96 valence electrons. The number of hydrogen-bond donors (Lipinski definition) is 3. The molecule has 3 amide bonds. The van der Waals surface area contributed by atoms with Crippen molar-refractivity contribution in [3.63, 3.8) is 0 Å². The average molecular weight is 266 g/mol. The number of amides is 3. The number of rotatable bonds is 4. The Morgan fingerprint density at radius 3 is 2.28 bits per heavy atom. The van der Waals surface area contributed by atoms with Crippen LogP contribution in [0, 0.1) is 0 Å². The van der Waals surface area contributed by atoms with E-state index in [0.29, 0.717) is 4.99 Å². The van der Waals surface area contributed by atoms with Crippen LogP contribution < -0.4 is 21.7 Å². The van der Waals surface area contributed by atoms with Crippen LogP contribution in [0.25, 0.3) is 0 Å². The number of primary amides is 1. The van der Waals surface area contributed by atoms with Crippen molar-refractivity contribution in [2.45, 2.75) is 0 Å². The summed E-state index contributed by atoms with van der Waals surface area (Å²) in [4.78, 5) is 23.8. The molecule has 5 N–H and O–H groups in total. The Morgan fingerprint density at radius 1 is 1.28 bits per heavy atom. The highest BCUT2D eigenvalue weighted by atomic mass is 32.1. The molecule has 0 saturated heterocycles. The van der Waals surface area contributed by atoms with Gasteiger partial charge in [0.1, 0.15) is 4.99 Å². The molecule has 7 heteroatoms. The van der Waals surface area contributed by atoms with E-state index in [-0.39, 0.29) is 6.54 Å². The van der Waals surface area contributed by atoms with E-state index < -0.39 is 11.9 Å². The summed E-state index contributed by atoms with van der Waals surface area (Å²) in [6.07, 6.45) is 0. The van der Waals surface area contributed by atoms with E-state index in [9.17, 15) is 9.59 Å². The predicted octanol–water partition coefficient (Wildman–Crippen LogP) is -0.0481. The van der Waals surface area contributed by atoms with E-state index >= 15 is 0 Å². The molecule has 0 aliphatic rings. The Bertz CT molecular complexity index is 472. The van der Waals surface area contributed by atoms with Crippen molar-refractivity contribution in [1.29, 1.82) is 0 Å². The van der Waals surface area contributed by atoms with Crippen molar-refractivity contribution in [2.75, 3.05) is 18.5 Å². The zero-order valence-corrected chi connectivity index (χ0v) is 10.7. The lowest BCUT2D eigenvalue weighted by Gasteiger charge is -2.18. The molecule has 0 fully saturated rings. The molecule has 0 unspecified atom stereocenters. The molecule has 1 rings (SSSR count). The molecule has 0 aliphatic heterocycles. The summed E-state index contributed by atoms with van der Waals surface area (Å²) in [6, 6.07) is 6.23. The van der Waals surface area contributed by atoms with Crippen molar-refractivity contribution in [2.24, 2.45) is 11.5 Å². The first-order valence-electron chi connectivity index (χ1n) is 5.10. The highest BCUT2D eigenvalue weighted by Crippen LogP contribution is 2.13. The second-order valence-corrected chi connectivity index (χ2v) is 4.12. The van der Waals surface area contributed by atoms with Gasteiger partial charge in [-0.15, -0.1) is 0 Å². The number of carbonyl (C=O) groups excluding carboxylic acids is 2. The van der Waals surface area contributed by atoms with Gasteiger partial charge in [-0.3, -0.25) is 10.1 Å². The Hall–Kier alpha value is -2.15. The first-order chi connectivity index (χ1) is 8.40. The van der Waals surface area contributed by atoms with E-state index in [1.165, 1.54) is 0 Å². The molecule has 18 heavy (non-hydrogen) atoms. The molecule has 1 aromatic rings. The minimum Gasteiger partial charge on any atom is -0.389 e. The number of imide groups is 1. The average Bonchev–Trinajstić information content (AvgIpc) is 2.27. The lowest BCUT2D eigenvalue weighted by molar-refractivity contribution is -0.118. The van der Waals surface area contributed by atoms with Crippen LogP contribution in [0.2, 0.25) is 0 Å². The maximum absolute atomic E-state index is 11.3. The van der Waals surface area contributed by atoms with Gasteiger partial charge >= 0.3 is 6.03 Å². The number of nitrogens with one attached hydrogen (secondary N) is 1. The molecule has 0 radical (unpaired) electrons. The van der Waals surface area contributed by atoms with Crippen molar-refractivity contribution in [3.05, 3.63) is 29.8 Å². The van der Waals surface area contributed by atoms with Gasteiger partial charge in [0, 0.05) is 18.3 Å². The number of likely N-dealkylation sites (N-methyl/N-ethyl adjacent to an activating group) is 1. The fourth-order valence-corrected chi connectivity index (χ4v) is 1.50. The molecule has 0 spiro atoms. The fraction of sp³-hybridized carbons (Fsp3) is 0.182. The SMILES string of the molecule is CN(CC(=O)NC(N)=O)c1ccc(C(N)=S)cc1. The highest BCUT2D eigenvalue weighted by Gasteiger charge is 2.09. The monoisotopic (exact) mass is 266 g/mol. The van der Waals surface area contributed by atoms with Gasteiger partial charge in [0.15, 0.2) is 0 Å². The molecule has 0 saturated carbocycles. The third kappa shape index (κ3) is 4.02. The van der Waals surface area contributed by atoms with Crippen LogP contribution in [0.5, 0.6) is 0 Å². The number of thiocarbonyl (C=S) groups is 1. The number of nitrogens with zero attached hydrogens (tertiary/aromatic N) is 1. The first kappa shape index (κ1) is 13.9. The van der Waals surface area contributed by atoms with E-state index in [1.807, 2.05) is 5.32 Å². The van der Waals surface area contributed by atoms with Gasteiger partial charge < -0.3 is 16.4 Å². The van der Waals surface area contributed by atoms with Gasteiger partial charge in [0.2, 0.25) is 5.91 Å². The smallest absolute Gasteiger partial charge is 0.318 e. The van der Waals surface area contributed by atoms with E-state index in [1.54, 1.807) is 36.2 Å². The summed E-state index contributed by atoms with van der Waals surface area (Å²) < 4.78 is 0. The lowest BCUT2D eigenvalue weighted by atomic mass is 10.2. The Morgan fingerprint density at radius 2 is 1.83 bits per heavy atom. The third-order valence-electron chi connectivity index (χ3n) is 2.24. The van der Waals surface area contributed by atoms with Crippen LogP contribution in [0.4, 0.5) is 10.5 Å². The predicted molar refractivity (Wildman–Crippen MR) is 73.3 cm³/mol. The van der Waals surface area contributed by atoms with Crippen LogP contribution in [0.1, 0.15) is 5.56 Å². The molecule has 0 aliphatic carbocycles. The maximum atomic E-state index is 11.3. The van der Waals surface area contributed by atoms with Gasteiger partial charge in [-0.05, 0) is 24.3 Å². The molecule has 0 heterocycles. The quantitative estimate of drug-likeness (QED) is 0.663. The minimum absolute atomic E-state index is 0.0232. The largest absolute Gasteiger partial charge is 0.389 e. The van der Waals surface area contributed by atoms with Crippen LogP contribution in [-0.4, -0.2) is 30.5 Å². The van der Waals surface area contributed by atoms with Crippen LogP contribution >= 0.6 is 12.2 Å². The number of benzene rings is 1. The topological polar surface area (TPSA) is 101 Å². The summed E-state index contributed by atoms with van der Waals surface area (Å²) in [5.74, 6) is -0.469. The van der Waals surface area contributed by atoms with Crippen LogP contribution in [0.3, 0.4) is 0 Å². The van der Waals surface area contributed by atoms with Crippen molar-refractivity contribution >= 4 is 34.8 Å². The summed E-state index contributed by atoms with van der Waals surface area (Å²) >= 11 is 4.84. The van der Waals surface area contributed by atoms with Gasteiger partial charge in [0.05, 0.1) is 6.54 Å². The number of urea groups is 1. The molecule has 0 atom stereocenters. The fourth-order valence-electron chi connectivity index (χ4n) is 1.36. The zero-order valence-electron chi connectivity index (χ0n) is 9.84. The molecule has 0 bridgehead atoms.